The van der Waals surface area contributed by atoms with Gasteiger partial charge in [0.25, 0.3) is 0 Å². The number of carbonyl (C=O) groups is 1. The highest BCUT2D eigenvalue weighted by atomic mass is 32.2. The van der Waals surface area contributed by atoms with Crippen LogP contribution in [0.3, 0.4) is 0 Å². The highest BCUT2D eigenvalue weighted by Crippen LogP contribution is 2.21. The van der Waals surface area contributed by atoms with Crippen LogP contribution in [0.15, 0.2) is 83.8 Å². The van der Waals surface area contributed by atoms with E-state index in [4.69, 9.17) is 0 Å². The van der Waals surface area contributed by atoms with Crippen LogP contribution in [0.25, 0.3) is 11.0 Å². The lowest BCUT2D eigenvalue weighted by Crippen LogP contribution is -2.23. The van der Waals surface area contributed by atoms with Gasteiger partial charge in [0.05, 0.1) is 15.9 Å². The number of aromatic nitrogens is 2. The number of imidazole rings is 1. The van der Waals surface area contributed by atoms with Crippen LogP contribution in [-0.4, -0.2) is 42.3 Å². The first-order valence-corrected chi connectivity index (χ1v) is 11.8. The molecule has 8 nitrogen and oxygen atoms in total. The van der Waals surface area contributed by atoms with Crippen molar-refractivity contribution in [3.05, 3.63) is 84.4 Å². The molecule has 0 unspecified atom stereocenters. The molecule has 4 rings (SSSR count). The lowest BCUT2D eigenvalue weighted by atomic mass is 10.2. The quantitative estimate of drug-likeness (QED) is 0.417. The Kier molecular flexibility index (Phi) is 6.43. The number of fused-ring (bicyclic) bond motifs is 1. The standard InChI is InChI=1S/C24H25N5O3S/c1-28(2)33(31,32)20-12-8-11-19(15-20)26-23(30)17-29-22-14-7-6-13-21(22)27-24(29)25-16-18-9-4-3-5-10-18/h3-15H,16-17H2,1-2H3,(H,25,27)(H,26,30). The van der Waals surface area contributed by atoms with Gasteiger partial charge >= 0.3 is 0 Å². The van der Waals surface area contributed by atoms with E-state index in [-0.39, 0.29) is 17.3 Å². The lowest BCUT2D eigenvalue weighted by molar-refractivity contribution is -0.116. The van der Waals surface area contributed by atoms with Crippen molar-refractivity contribution in [2.75, 3.05) is 24.7 Å². The largest absolute Gasteiger partial charge is 0.352 e. The van der Waals surface area contributed by atoms with Gasteiger partial charge in [-0.05, 0) is 35.9 Å². The highest BCUT2D eigenvalue weighted by molar-refractivity contribution is 7.89. The van der Waals surface area contributed by atoms with E-state index in [0.29, 0.717) is 18.2 Å². The number of hydrogen-bond donors (Lipinski definition) is 2. The van der Waals surface area contributed by atoms with Crippen molar-refractivity contribution in [2.24, 2.45) is 0 Å². The SMILES string of the molecule is CN(C)S(=O)(=O)c1cccc(NC(=O)Cn2c(NCc3ccccc3)nc3ccccc32)c1. The molecule has 1 amide bonds. The van der Waals surface area contributed by atoms with E-state index < -0.39 is 10.0 Å². The van der Waals surface area contributed by atoms with Crippen molar-refractivity contribution in [3.8, 4) is 0 Å². The van der Waals surface area contributed by atoms with Gasteiger partial charge in [0, 0.05) is 26.3 Å². The molecule has 0 aliphatic carbocycles. The number of amides is 1. The third kappa shape index (κ3) is 5.05. The van der Waals surface area contributed by atoms with Crippen molar-refractivity contribution >= 4 is 38.6 Å². The Morgan fingerprint density at radius 1 is 0.970 bits per heavy atom. The molecule has 1 aromatic heterocycles. The summed E-state index contributed by atoms with van der Waals surface area (Å²) in [6.07, 6.45) is 0. The molecule has 3 aromatic carbocycles. The number of carbonyl (C=O) groups excluding carboxylic acids is 1. The van der Waals surface area contributed by atoms with Gasteiger partial charge in [0.2, 0.25) is 21.9 Å². The third-order valence-corrected chi connectivity index (χ3v) is 6.96. The van der Waals surface area contributed by atoms with E-state index in [0.717, 1.165) is 20.9 Å². The first-order valence-electron chi connectivity index (χ1n) is 10.4. The summed E-state index contributed by atoms with van der Waals surface area (Å²) in [6.45, 7) is 0.582. The van der Waals surface area contributed by atoms with Crippen LogP contribution in [0.1, 0.15) is 5.56 Å². The topological polar surface area (TPSA) is 96.3 Å². The summed E-state index contributed by atoms with van der Waals surface area (Å²) in [7, 11) is -0.664. The summed E-state index contributed by atoms with van der Waals surface area (Å²) in [6, 6.07) is 23.8. The molecule has 9 heteroatoms. The molecule has 0 saturated heterocycles. The van der Waals surface area contributed by atoms with Crippen LogP contribution in [0.4, 0.5) is 11.6 Å². The van der Waals surface area contributed by atoms with Crippen molar-refractivity contribution in [1.82, 2.24) is 13.9 Å². The van der Waals surface area contributed by atoms with E-state index in [1.807, 2.05) is 59.2 Å². The van der Waals surface area contributed by atoms with Gasteiger partial charge in [0.15, 0.2) is 0 Å². The number of rotatable bonds is 8. The second-order valence-electron chi connectivity index (χ2n) is 7.71. The van der Waals surface area contributed by atoms with Gasteiger partial charge < -0.3 is 15.2 Å². The molecule has 2 N–H and O–H groups in total. The third-order valence-electron chi connectivity index (χ3n) is 5.15. The van der Waals surface area contributed by atoms with E-state index in [1.54, 1.807) is 12.1 Å². The number of nitrogens with zero attached hydrogens (tertiary/aromatic N) is 3. The molecular formula is C24H25N5O3S. The second kappa shape index (κ2) is 9.43. The molecule has 0 aliphatic heterocycles. The maximum Gasteiger partial charge on any atom is 0.244 e. The Balaban J connectivity index is 1.55. The molecule has 0 fully saturated rings. The number of para-hydroxylation sites is 2. The van der Waals surface area contributed by atoms with Gasteiger partial charge in [0.1, 0.15) is 6.54 Å². The van der Waals surface area contributed by atoms with Gasteiger partial charge in [-0.2, -0.15) is 0 Å². The molecule has 0 radical (unpaired) electrons. The lowest BCUT2D eigenvalue weighted by Gasteiger charge is -2.14. The zero-order valence-electron chi connectivity index (χ0n) is 18.4. The fourth-order valence-electron chi connectivity index (χ4n) is 3.44. The summed E-state index contributed by atoms with van der Waals surface area (Å²) in [5.41, 5.74) is 3.11. The molecule has 33 heavy (non-hydrogen) atoms. The summed E-state index contributed by atoms with van der Waals surface area (Å²) in [4.78, 5) is 17.7. The average Bonchev–Trinajstić information content (AvgIpc) is 3.15. The molecule has 0 aliphatic rings. The molecule has 4 aromatic rings. The van der Waals surface area contributed by atoms with E-state index >= 15 is 0 Å². The molecule has 0 atom stereocenters. The van der Waals surface area contributed by atoms with E-state index in [1.165, 1.54) is 26.2 Å². The number of benzene rings is 3. The molecule has 1 heterocycles. The van der Waals surface area contributed by atoms with Crippen LogP contribution < -0.4 is 10.6 Å². The molecular weight excluding hydrogens is 438 g/mol. The predicted molar refractivity (Wildman–Crippen MR) is 129 cm³/mol. The van der Waals surface area contributed by atoms with Crippen molar-refractivity contribution < 1.29 is 13.2 Å². The fourth-order valence-corrected chi connectivity index (χ4v) is 4.38. The minimum Gasteiger partial charge on any atom is -0.352 e. The van der Waals surface area contributed by atoms with Crippen LogP contribution >= 0.6 is 0 Å². The Hall–Kier alpha value is -3.69. The first-order chi connectivity index (χ1) is 15.8. The summed E-state index contributed by atoms with van der Waals surface area (Å²) < 4.78 is 27.7. The first kappa shape index (κ1) is 22.5. The van der Waals surface area contributed by atoms with E-state index in [2.05, 4.69) is 15.6 Å². The van der Waals surface area contributed by atoms with Gasteiger partial charge in [-0.25, -0.2) is 17.7 Å². The number of nitrogens with one attached hydrogen (secondary N) is 2. The van der Waals surface area contributed by atoms with Crippen molar-refractivity contribution in [2.45, 2.75) is 18.0 Å². The Labute approximate surface area is 192 Å². The normalized spacial score (nSPS) is 11.6. The zero-order chi connectivity index (χ0) is 23.4. The second-order valence-corrected chi connectivity index (χ2v) is 9.86. The van der Waals surface area contributed by atoms with Gasteiger partial charge in [-0.3, -0.25) is 4.79 Å². The maximum atomic E-state index is 12.9. The average molecular weight is 464 g/mol. The molecule has 0 saturated carbocycles. The van der Waals surface area contributed by atoms with Crippen LogP contribution in [0.2, 0.25) is 0 Å². The minimum atomic E-state index is -3.60. The molecule has 0 spiro atoms. The smallest absolute Gasteiger partial charge is 0.244 e. The number of anilines is 2. The van der Waals surface area contributed by atoms with Crippen molar-refractivity contribution in [1.29, 1.82) is 0 Å². The maximum absolute atomic E-state index is 12.9. The minimum absolute atomic E-state index is 0.0162. The molecule has 170 valence electrons. The van der Waals surface area contributed by atoms with Gasteiger partial charge in [-0.15, -0.1) is 0 Å². The Bertz CT molecular complexity index is 1380. The zero-order valence-corrected chi connectivity index (χ0v) is 19.2. The van der Waals surface area contributed by atoms with Crippen LogP contribution in [0.5, 0.6) is 0 Å². The van der Waals surface area contributed by atoms with Crippen molar-refractivity contribution in [3.63, 3.8) is 0 Å². The molecule has 0 bridgehead atoms. The van der Waals surface area contributed by atoms with Crippen LogP contribution in [-0.2, 0) is 27.9 Å². The summed E-state index contributed by atoms with van der Waals surface area (Å²) in [5, 5.41) is 6.12. The Morgan fingerprint density at radius 2 is 1.70 bits per heavy atom. The van der Waals surface area contributed by atoms with Gasteiger partial charge in [-0.1, -0.05) is 48.5 Å². The number of sulfonamides is 1. The number of hydrogen-bond acceptors (Lipinski definition) is 5. The highest BCUT2D eigenvalue weighted by Gasteiger charge is 2.18. The van der Waals surface area contributed by atoms with Crippen LogP contribution in [0, 0.1) is 0 Å². The predicted octanol–water partition coefficient (Wildman–Crippen LogP) is 3.54. The Morgan fingerprint density at radius 3 is 2.45 bits per heavy atom. The summed E-state index contributed by atoms with van der Waals surface area (Å²) in [5.74, 6) is 0.291. The van der Waals surface area contributed by atoms with E-state index in [9.17, 15) is 13.2 Å². The fraction of sp³-hybridized carbons (Fsp3) is 0.167. The summed E-state index contributed by atoms with van der Waals surface area (Å²) >= 11 is 0. The monoisotopic (exact) mass is 463 g/mol.